The Hall–Kier alpha value is -3.56. The number of carbonyl (C=O) groups excluding carboxylic acids is 1. The Kier molecular flexibility index (Phi) is 7.31. The van der Waals surface area contributed by atoms with Crippen LogP contribution in [0.1, 0.15) is 26.2 Å². The number of amides is 1. The highest BCUT2D eigenvalue weighted by Gasteiger charge is 2.49. The average Bonchev–Trinajstić information content (AvgIpc) is 3.49. The van der Waals surface area contributed by atoms with E-state index in [1.54, 1.807) is 24.3 Å². The van der Waals surface area contributed by atoms with Crippen molar-refractivity contribution in [2.75, 3.05) is 0 Å². The number of aromatic nitrogens is 3. The van der Waals surface area contributed by atoms with E-state index in [2.05, 4.69) is 20.3 Å². The van der Waals surface area contributed by atoms with Crippen LogP contribution in [0, 0.1) is 5.82 Å². The van der Waals surface area contributed by atoms with Gasteiger partial charge in [-0.3, -0.25) is 9.78 Å². The van der Waals surface area contributed by atoms with Crippen LogP contribution in [0.2, 0.25) is 0 Å². The fourth-order valence-corrected chi connectivity index (χ4v) is 7.75. The molecule has 0 bridgehead atoms. The summed E-state index contributed by atoms with van der Waals surface area (Å²) in [4.78, 5) is 23.5. The van der Waals surface area contributed by atoms with Crippen molar-refractivity contribution in [2.45, 2.75) is 48.5 Å². The summed E-state index contributed by atoms with van der Waals surface area (Å²) < 4.78 is 96.1. The molecular weight excluding hydrogens is 577 g/mol. The molecule has 1 N–H and O–H groups in total. The van der Waals surface area contributed by atoms with Crippen LogP contribution >= 0.6 is 11.3 Å². The zero-order valence-corrected chi connectivity index (χ0v) is 22.2. The number of pyridine rings is 1. The van der Waals surface area contributed by atoms with Gasteiger partial charge in [0.2, 0.25) is 11.7 Å². The zero-order valence-electron chi connectivity index (χ0n) is 20.6. The molecule has 40 heavy (non-hydrogen) atoms. The third-order valence-corrected chi connectivity index (χ3v) is 10.1. The number of nitrogens with zero attached hydrogens (tertiary/aromatic N) is 4. The highest BCUT2D eigenvalue weighted by Crippen LogP contribution is 2.37. The number of fused-ring (bicyclic) bond motifs is 1. The van der Waals surface area contributed by atoms with Crippen molar-refractivity contribution in [3.8, 4) is 11.3 Å². The molecule has 4 heterocycles. The summed E-state index contributed by atoms with van der Waals surface area (Å²) in [5.41, 5.74) is 0.0396. The maximum absolute atomic E-state index is 14.8. The molecular formula is C25H22F5N5O3S2. The number of halogens is 5. The first-order chi connectivity index (χ1) is 18.9. The molecule has 212 valence electrons. The number of benzene rings is 1. The van der Waals surface area contributed by atoms with Crippen LogP contribution in [-0.4, -0.2) is 51.8 Å². The summed E-state index contributed by atoms with van der Waals surface area (Å²) in [6.45, 7) is 0.962. The van der Waals surface area contributed by atoms with Crippen LogP contribution in [-0.2, 0) is 27.5 Å². The molecule has 0 spiro atoms. The number of sulfonamides is 1. The van der Waals surface area contributed by atoms with Crippen molar-refractivity contribution in [2.24, 2.45) is 0 Å². The molecule has 1 fully saturated rings. The average molecular weight is 600 g/mol. The van der Waals surface area contributed by atoms with Crippen LogP contribution in [0.3, 0.4) is 0 Å². The second-order valence-corrected chi connectivity index (χ2v) is 12.3. The van der Waals surface area contributed by atoms with Gasteiger partial charge in [-0.25, -0.2) is 27.2 Å². The van der Waals surface area contributed by atoms with Crippen molar-refractivity contribution in [3.05, 3.63) is 72.2 Å². The summed E-state index contributed by atoms with van der Waals surface area (Å²) in [6.07, 6.45) is -4.14. The predicted molar refractivity (Wildman–Crippen MR) is 138 cm³/mol. The lowest BCUT2D eigenvalue weighted by Crippen LogP contribution is -2.48. The first kappa shape index (κ1) is 28.0. The molecule has 0 aliphatic carbocycles. The number of nitrogens with one attached hydrogen (secondary N) is 1. The number of hydrogen-bond acceptors (Lipinski definition) is 7. The van der Waals surface area contributed by atoms with Crippen LogP contribution in [0.25, 0.3) is 21.3 Å². The second-order valence-electron chi connectivity index (χ2n) is 9.12. The molecule has 8 nitrogen and oxygen atoms in total. The fourth-order valence-electron chi connectivity index (χ4n) is 4.44. The van der Waals surface area contributed by atoms with Crippen LogP contribution < -0.4 is 5.32 Å². The number of hydrogen-bond donors (Lipinski definition) is 1. The van der Waals surface area contributed by atoms with Gasteiger partial charge in [0.25, 0.3) is 10.0 Å². The molecule has 0 saturated carbocycles. The minimum Gasteiger partial charge on any atom is -0.351 e. The minimum absolute atomic E-state index is 0. The number of carbonyl (C=O) groups is 1. The molecule has 0 unspecified atom stereocenters. The van der Waals surface area contributed by atoms with Gasteiger partial charge in [0.1, 0.15) is 22.2 Å². The lowest BCUT2D eigenvalue weighted by atomic mass is 10.1. The number of rotatable bonds is 6. The monoisotopic (exact) mass is 599 g/mol. The van der Waals surface area contributed by atoms with Crippen molar-refractivity contribution in [1.29, 1.82) is 0 Å². The van der Waals surface area contributed by atoms with Gasteiger partial charge in [0, 0.05) is 42.6 Å². The lowest BCUT2D eigenvalue weighted by molar-refractivity contribution is -0.145. The first-order valence-corrected chi connectivity index (χ1v) is 14.1. The Labute approximate surface area is 230 Å². The highest BCUT2D eigenvalue weighted by molar-refractivity contribution is 7.91. The van der Waals surface area contributed by atoms with Gasteiger partial charge < -0.3 is 5.32 Å². The molecule has 3 aromatic heterocycles. The third kappa shape index (κ3) is 5.28. The Balaban J connectivity index is 0.00000387. The number of alkyl halides is 4. The van der Waals surface area contributed by atoms with Gasteiger partial charge in [-0.1, -0.05) is 18.2 Å². The van der Waals surface area contributed by atoms with E-state index in [0.29, 0.717) is 10.1 Å². The Morgan fingerprint density at radius 1 is 1.15 bits per heavy atom. The highest BCUT2D eigenvalue weighted by atomic mass is 32.2. The SMILES string of the molecule is C[C@H]1[C@H](F)C[C@@H](C(=O)NCc2cc(-c3cnc(C(F)(F)F)nc3)ncc2F)N1S(=O)(=O)c1cc2ccccc2s1.[HH]. The van der Waals surface area contributed by atoms with E-state index in [1.807, 2.05) is 0 Å². The summed E-state index contributed by atoms with van der Waals surface area (Å²) in [7, 11) is -4.25. The first-order valence-electron chi connectivity index (χ1n) is 11.8. The van der Waals surface area contributed by atoms with Gasteiger partial charge in [-0.15, -0.1) is 11.3 Å². The van der Waals surface area contributed by atoms with Crippen molar-refractivity contribution >= 4 is 37.4 Å². The molecule has 1 aromatic carbocycles. The van der Waals surface area contributed by atoms with Gasteiger partial charge in [-0.2, -0.15) is 17.5 Å². The van der Waals surface area contributed by atoms with Gasteiger partial charge >= 0.3 is 6.18 Å². The summed E-state index contributed by atoms with van der Waals surface area (Å²) >= 11 is 1.01. The van der Waals surface area contributed by atoms with Crippen molar-refractivity contribution in [3.63, 3.8) is 0 Å². The van der Waals surface area contributed by atoms with Gasteiger partial charge in [-0.05, 0) is 30.5 Å². The Morgan fingerprint density at radius 3 is 2.52 bits per heavy atom. The molecule has 1 amide bonds. The molecule has 1 aliphatic rings. The molecule has 3 atom stereocenters. The maximum Gasteiger partial charge on any atom is 0.451 e. The quantitative estimate of drug-likeness (QED) is 0.314. The molecule has 15 heteroatoms. The van der Waals surface area contributed by atoms with E-state index in [4.69, 9.17) is 0 Å². The fraction of sp³-hybridized carbons (Fsp3) is 0.280. The summed E-state index contributed by atoms with van der Waals surface area (Å²) in [6, 6.07) is 7.19. The summed E-state index contributed by atoms with van der Waals surface area (Å²) in [5, 5.41) is 3.15. The molecule has 4 aromatic rings. The topological polar surface area (TPSA) is 105 Å². The zero-order chi connectivity index (χ0) is 28.8. The smallest absolute Gasteiger partial charge is 0.351 e. The van der Waals surface area contributed by atoms with Crippen LogP contribution in [0.5, 0.6) is 0 Å². The van der Waals surface area contributed by atoms with E-state index in [0.717, 1.165) is 34.2 Å². The van der Waals surface area contributed by atoms with Crippen LogP contribution in [0.15, 0.2) is 59.2 Å². The predicted octanol–water partition coefficient (Wildman–Crippen LogP) is 4.96. The molecule has 1 saturated heterocycles. The summed E-state index contributed by atoms with van der Waals surface area (Å²) in [5.74, 6) is -3.00. The molecule has 0 radical (unpaired) electrons. The standard InChI is InChI=1S/C25H20F5N5O3S2.H2/c1-13-17(26)8-20(35(13)40(37,38)22-7-14-4-2-3-5-21(14)39-22)23(36)32-9-15-6-19(31-12-18(15)27)16-10-33-24(34-11-16)25(28,29)30;/h2-7,10-13,17,20H,8-9H2,1H3,(H,32,36);1H/t13-,17+,20-;/m0./s1. The van der Waals surface area contributed by atoms with E-state index in [9.17, 15) is 35.2 Å². The maximum atomic E-state index is 14.8. The van der Waals surface area contributed by atoms with Gasteiger partial charge in [0.05, 0.1) is 17.9 Å². The minimum atomic E-state index is -4.74. The van der Waals surface area contributed by atoms with Crippen molar-refractivity contribution in [1.82, 2.24) is 24.6 Å². The lowest BCUT2D eigenvalue weighted by Gasteiger charge is -2.26. The third-order valence-electron chi connectivity index (χ3n) is 6.51. The number of thiophene rings is 1. The van der Waals surface area contributed by atoms with Crippen molar-refractivity contribution < 1.29 is 36.6 Å². The van der Waals surface area contributed by atoms with Gasteiger partial charge in [0.15, 0.2) is 0 Å². The Bertz CT molecular complexity index is 1650. The van der Waals surface area contributed by atoms with E-state index in [-0.39, 0.29) is 28.9 Å². The van der Waals surface area contributed by atoms with E-state index >= 15 is 0 Å². The largest absolute Gasteiger partial charge is 0.451 e. The molecule has 5 rings (SSSR count). The normalized spacial score (nSPS) is 20.2. The van der Waals surface area contributed by atoms with E-state index in [1.165, 1.54) is 19.1 Å². The second kappa shape index (κ2) is 10.4. The Morgan fingerprint density at radius 2 is 1.85 bits per heavy atom. The van der Waals surface area contributed by atoms with Crippen LogP contribution in [0.4, 0.5) is 22.0 Å². The molecule has 1 aliphatic heterocycles. The van der Waals surface area contributed by atoms with E-state index < -0.39 is 58.5 Å².